The lowest BCUT2D eigenvalue weighted by Crippen LogP contribution is -2.32. The molecule has 0 spiro atoms. The third-order valence-corrected chi connectivity index (χ3v) is 1.50. The van der Waals surface area contributed by atoms with Gasteiger partial charge in [0, 0.05) is 11.8 Å². The molecule has 13 heavy (non-hydrogen) atoms. The number of rotatable bonds is 7. The van der Waals surface area contributed by atoms with Crippen LogP contribution < -0.4 is 11.5 Å². The lowest BCUT2D eigenvalue weighted by atomic mass is 9.97. The van der Waals surface area contributed by atoms with Gasteiger partial charge in [-0.15, -0.1) is 0 Å². The second-order valence-electron chi connectivity index (χ2n) is 3.86. The first-order chi connectivity index (χ1) is 5.98. The van der Waals surface area contributed by atoms with Crippen molar-refractivity contribution in [3.8, 4) is 0 Å². The summed E-state index contributed by atoms with van der Waals surface area (Å²) in [5, 5.41) is 8.86. The Kier molecular flexibility index (Phi) is 6.19. The molecule has 0 heterocycles. The fourth-order valence-corrected chi connectivity index (χ4v) is 0.490. The zero-order valence-corrected chi connectivity index (χ0v) is 8.32. The molecule has 0 radical (unpaired) electrons. The van der Waals surface area contributed by atoms with Crippen LogP contribution in [-0.2, 0) is 9.78 Å². The second kappa shape index (κ2) is 6.28. The van der Waals surface area contributed by atoms with Crippen LogP contribution in [0, 0.1) is 5.41 Å². The summed E-state index contributed by atoms with van der Waals surface area (Å²) in [7, 11) is 0. The molecule has 0 unspecified atom stereocenters. The fraction of sp³-hybridized carbons (Fsp3) is 1.00. The summed E-state index contributed by atoms with van der Waals surface area (Å²) in [5.41, 5.74) is 10.3. The average Bonchev–Trinajstić information content (AvgIpc) is 2.03. The van der Waals surface area contributed by atoms with Crippen molar-refractivity contribution in [2.24, 2.45) is 16.9 Å². The minimum atomic E-state index is -0.366. The summed E-state index contributed by atoms with van der Waals surface area (Å²) >= 11 is 0. The van der Waals surface area contributed by atoms with E-state index in [0.717, 1.165) is 0 Å². The van der Waals surface area contributed by atoms with E-state index in [-0.39, 0.29) is 18.2 Å². The molecule has 0 saturated carbocycles. The van der Waals surface area contributed by atoms with E-state index in [1.54, 1.807) is 0 Å². The summed E-state index contributed by atoms with van der Waals surface area (Å²) in [6.45, 7) is 4.55. The van der Waals surface area contributed by atoms with Crippen LogP contribution in [0.3, 0.4) is 0 Å². The Morgan fingerprint density at radius 3 is 2.38 bits per heavy atom. The summed E-state index contributed by atoms with van der Waals surface area (Å²) in [6.07, 6.45) is 0.189. The van der Waals surface area contributed by atoms with E-state index in [9.17, 15) is 0 Å². The first kappa shape index (κ1) is 12.8. The Labute approximate surface area is 78.9 Å². The van der Waals surface area contributed by atoms with Crippen LogP contribution in [0.4, 0.5) is 0 Å². The van der Waals surface area contributed by atoms with E-state index in [0.29, 0.717) is 19.6 Å². The lowest BCUT2D eigenvalue weighted by molar-refractivity contribution is -0.310. The molecule has 0 aliphatic carbocycles. The molecule has 0 amide bonds. The summed E-state index contributed by atoms with van der Waals surface area (Å²) in [5.74, 6) is 0. The van der Waals surface area contributed by atoms with Crippen molar-refractivity contribution in [3.05, 3.63) is 0 Å². The van der Waals surface area contributed by atoms with Crippen LogP contribution in [0.2, 0.25) is 0 Å². The molecule has 5 nitrogen and oxygen atoms in total. The highest BCUT2D eigenvalue weighted by Gasteiger charge is 2.16. The van der Waals surface area contributed by atoms with Gasteiger partial charge >= 0.3 is 0 Å². The monoisotopic (exact) mass is 192 g/mol. The third-order valence-electron chi connectivity index (χ3n) is 1.50. The van der Waals surface area contributed by atoms with Crippen LogP contribution in [0.25, 0.3) is 0 Å². The number of aliphatic hydroxyl groups excluding tert-OH is 1. The van der Waals surface area contributed by atoms with Crippen LogP contribution in [-0.4, -0.2) is 31.1 Å². The summed E-state index contributed by atoms with van der Waals surface area (Å²) in [6, 6.07) is 0. The highest BCUT2D eigenvalue weighted by Crippen LogP contribution is 2.13. The van der Waals surface area contributed by atoms with Gasteiger partial charge in [0.2, 0.25) is 0 Å². The Morgan fingerprint density at radius 1 is 1.31 bits per heavy atom. The van der Waals surface area contributed by atoms with Crippen molar-refractivity contribution in [2.75, 3.05) is 19.8 Å². The predicted molar refractivity (Wildman–Crippen MR) is 49.6 cm³/mol. The maximum Gasteiger partial charge on any atom is 0.0895 e. The SMILES string of the molecule is CC(C)(CO)COOCCC(N)N. The Balaban J connectivity index is 3.26. The van der Waals surface area contributed by atoms with E-state index in [1.807, 2.05) is 13.8 Å². The van der Waals surface area contributed by atoms with Crippen LogP contribution in [0.5, 0.6) is 0 Å². The number of hydrogen-bond acceptors (Lipinski definition) is 5. The Hall–Kier alpha value is -0.200. The lowest BCUT2D eigenvalue weighted by Gasteiger charge is -2.20. The highest BCUT2D eigenvalue weighted by atomic mass is 17.2. The van der Waals surface area contributed by atoms with Gasteiger partial charge in [-0.3, -0.25) is 0 Å². The number of hydrogen-bond donors (Lipinski definition) is 3. The summed E-state index contributed by atoms with van der Waals surface area (Å²) < 4.78 is 0. The first-order valence-electron chi connectivity index (χ1n) is 4.34. The molecule has 0 aromatic heterocycles. The molecular weight excluding hydrogens is 172 g/mol. The number of aliphatic hydroxyl groups is 1. The molecule has 0 aliphatic heterocycles. The van der Waals surface area contributed by atoms with Crippen LogP contribution in [0.1, 0.15) is 20.3 Å². The normalized spacial score (nSPS) is 12.5. The van der Waals surface area contributed by atoms with Crippen molar-refractivity contribution in [1.29, 1.82) is 0 Å². The molecule has 0 rings (SSSR count). The van der Waals surface area contributed by atoms with Crippen molar-refractivity contribution >= 4 is 0 Å². The maximum atomic E-state index is 8.86. The molecule has 0 saturated heterocycles. The van der Waals surface area contributed by atoms with Crippen molar-refractivity contribution in [2.45, 2.75) is 26.4 Å². The molecule has 0 aliphatic rings. The predicted octanol–water partition coefficient (Wildman–Crippen LogP) is -0.413. The average molecular weight is 192 g/mol. The van der Waals surface area contributed by atoms with Gasteiger partial charge in [-0.1, -0.05) is 13.8 Å². The van der Waals surface area contributed by atoms with E-state index in [1.165, 1.54) is 0 Å². The van der Waals surface area contributed by atoms with Crippen molar-refractivity contribution < 1.29 is 14.9 Å². The Morgan fingerprint density at radius 2 is 1.92 bits per heavy atom. The zero-order valence-electron chi connectivity index (χ0n) is 8.32. The van der Waals surface area contributed by atoms with E-state index in [4.69, 9.17) is 26.3 Å². The van der Waals surface area contributed by atoms with Crippen LogP contribution >= 0.6 is 0 Å². The largest absolute Gasteiger partial charge is 0.396 e. The van der Waals surface area contributed by atoms with E-state index in [2.05, 4.69) is 0 Å². The third kappa shape index (κ3) is 8.14. The molecule has 0 fully saturated rings. The minimum Gasteiger partial charge on any atom is -0.396 e. The van der Waals surface area contributed by atoms with Crippen molar-refractivity contribution in [3.63, 3.8) is 0 Å². The number of nitrogens with two attached hydrogens (primary N) is 2. The zero-order chi connectivity index (χ0) is 10.3. The molecule has 80 valence electrons. The molecule has 5 N–H and O–H groups in total. The van der Waals surface area contributed by atoms with Gasteiger partial charge in [-0.05, 0) is 0 Å². The van der Waals surface area contributed by atoms with Gasteiger partial charge in [0.1, 0.15) is 0 Å². The van der Waals surface area contributed by atoms with E-state index < -0.39 is 0 Å². The van der Waals surface area contributed by atoms with Crippen LogP contribution in [0.15, 0.2) is 0 Å². The molecule has 0 bridgehead atoms. The molecule has 0 atom stereocenters. The van der Waals surface area contributed by atoms with Gasteiger partial charge < -0.3 is 16.6 Å². The molecule has 0 aromatic rings. The quantitative estimate of drug-likeness (QED) is 0.221. The van der Waals surface area contributed by atoms with Gasteiger partial charge in [-0.2, -0.15) is 0 Å². The topological polar surface area (TPSA) is 90.7 Å². The summed E-state index contributed by atoms with van der Waals surface area (Å²) in [4.78, 5) is 9.68. The van der Waals surface area contributed by atoms with Gasteiger partial charge in [0.25, 0.3) is 0 Å². The van der Waals surface area contributed by atoms with E-state index >= 15 is 0 Å². The van der Waals surface area contributed by atoms with Gasteiger partial charge in [-0.25, -0.2) is 9.78 Å². The second-order valence-corrected chi connectivity index (χ2v) is 3.86. The van der Waals surface area contributed by atoms with Crippen molar-refractivity contribution in [1.82, 2.24) is 0 Å². The molecule has 5 heteroatoms. The fourth-order valence-electron chi connectivity index (χ4n) is 0.490. The van der Waals surface area contributed by atoms with Gasteiger partial charge in [0.05, 0.1) is 26.0 Å². The molecular formula is C8H20N2O3. The maximum absolute atomic E-state index is 8.86. The Bertz CT molecular complexity index is 129. The smallest absolute Gasteiger partial charge is 0.0895 e. The standard InChI is InChI=1S/C8H20N2O3/c1-8(2,5-11)6-13-12-4-3-7(9)10/h7,11H,3-6,9-10H2,1-2H3. The van der Waals surface area contributed by atoms with Gasteiger partial charge in [0.15, 0.2) is 0 Å². The highest BCUT2D eigenvalue weighted by molar-refractivity contribution is 4.64. The minimum absolute atomic E-state index is 0.0623. The molecule has 0 aromatic carbocycles. The first-order valence-corrected chi connectivity index (χ1v) is 4.34.